The van der Waals surface area contributed by atoms with Crippen molar-refractivity contribution in [3.8, 4) is 5.75 Å². The molecular formula is C22H29NO2. The van der Waals surface area contributed by atoms with Crippen molar-refractivity contribution in [3.05, 3.63) is 64.2 Å². The highest BCUT2D eigenvalue weighted by Crippen LogP contribution is 2.27. The molecular weight excluding hydrogens is 310 g/mol. The van der Waals surface area contributed by atoms with Gasteiger partial charge in [-0.2, -0.15) is 0 Å². The van der Waals surface area contributed by atoms with Crippen LogP contribution in [0.25, 0.3) is 0 Å². The smallest absolute Gasteiger partial charge is 0.258 e. The molecule has 3 nitrogen and oxygen atoms in total. The Bertz CT molecular complexity index is 750. The van der Waals surface area contributed by atoms with Crippen molar-refractivity contribution in [1.82, 2.24) is 5.32 Å². The molecule has 0 saturated heterocycles. The van der Waals surface area contributed by atoms with E-state index in [1.54, 1.807) is 0 Å². The second-order valence-corrected chi connectivity index (χ2v) is 7.13. The minimum absolute atomic E-state index is 0.0262. The first-order valence-electron chi connectivity index (χ1n) is 8.87. The number of amides is 1. The molecule has 1 atom stereocenters. The van der Waals surface area contributed by atoms with Crippen LogP contribution in [0.3, 0.4) is 0 Å². The molecule has 2 rings (SSSR count). The Morgan fingerprint density at radius 2 is 1.56 bits per heavy atom. The van der Waals surface area contributed by atoms with Crippen LogP contribution in [0.4, 0.5) is 0 Å². The van der Waals surface area contributed by atoms with Crippen LogP contribution in [0.5, 0.6) is 5.75 Å². The van der Waals surface area contributed by atoms with Gasteiger partial charge in [0.25, 0.3) is 5.91 Å². The monoisotopic (exact) mass is 339 g/mol. The Kier molecular flexibility index (Phi) is 6.24. The maximum atomic E-state index is 12.3. The van der Waals surface area contributed by atoms with Crippen LogP contribution < -0.4 is 10.1 Å². The fourth-order valence-electron chi connectivity index (χ4n) is 3.06. The van der Waals surface area contributed by atoms with Crippen molar-refractivity contribution < 1.29 is 9.53 Å². The molecule has 0 bridgehead atoms. The van der Waals surface area contributed by atoms with E-state index < -0.39 is 0 Å². The first kappa shape index (κ1) is 19.0. The summed E-state index contributed by atoms with van der Waals surface area (Å²) in [5.74, 6) is 1.04. The molecule has 0 saturated carbocycles. The van der Waals surface area contributed by atoms with Gasteiger partial charge in [0.1, 0.15) is 5.75 Å². The summed E-state index contributed by atoms with van der Waals surface area (Å²) in [6, 6.07) is 12.4. The maximum Gasteiger partial charge on any atom is 0.258 e. The van der Waals surface area contributed by atoms with Crippen LogP contribution in [0.2, 0.25) is 0 Å². The molecule has 0 unspecified atom stereocenters. The molecule has 134 valence electrons. The van der Waals surface area contributed by atoms with Gasteiger partial charge >= 0.3 is 0 Å². The predicted molar refractivity (Wildman–Crippen MR) is 103 cm³/mol. The lowest BCUT2D eigenvalue weighted by molar-refractivity contribution is -0.123. The van der Waals surface area contributed by atoms with Gasteiger partial charge in [-0.25, -0.2) is 0 Å². The summed E-state index contributed by atoms with van der Waals surface area (Å²) >= 11 is 0. The van der Waals surface area contributed by atoms with E-state index in [1.807, 2.05) is 19.9 Å². The summed E-state index contributed by atoms with van der Waals surface area (Å²) in [6.45, 7) is 12.4. The zero-order valence-corrected chi connectivity index (χ0v) is 16.1. The molecule has 2 aromatic carbocycles. The second kappa shape index (κ2) is 8.19. The van der Waals surface area contributed by atoms with E-state index in [-0.39, 0.29) is 18.6 Å². The van der Waals surface area contributed by atoms with E-state index in [2.05, 4.69) is 63.3 Å². The van der Waals surface area contributed by atoms with Crippen LogP contribution in [0.1, 0.15) is 60.5 Å². The summed E-state index contributed by atoms with van der Waals surface area (Å²) in [6.07, 6.45) is 0. The first-order valence-corrected chi connectivity index (χ1v) is 8.87. The summed E-state index contributed by atoms with van der Waals surface area (Å²) < 4.78 is 5.82. The van der Waals surface area contributed by atoms with E-state index in [1.165, 1.54) is 11.1 Å². The van der Waals surface area contributed by atoms with Crippen molar-refractivity contribution in [2.24, 2.45) is 0 Å². The molecule has 0 spiro atoms. The fourth-order valence-corrected chi connectivity index (χ4v) is 3.06. The van der Waals surface area contributed by atoms with Gasteiger partial charge in [0.15, 0.2) is 6.61 Å². The quantitative estimate of drug-likeness (QED) is 0.805. The summed E-state index contributed by atoms with van der Waals surface area (Å²) in [4.78, 5) is 12.3. The van der Waals surface area contributed by atoms with Crippen LogP contribution in [-0.2, 0) is 4.79 Å². The molecule has 1 N–H and O–H groups in total. The summed E-state index contributed by atoms with van der Waals surface area (Å²) in [5, 5.41) is 3.03. The first-order chi connectivity index (χ1) is 11.8. The molecule has 0 aliphatic carbocycles. The van der Waals surface area contributed by atoms with Gasteiger partial charge in [-0.05, 0) is 61.9 Å². The molecule has 0 fully saturated rings. The minimum Gasteiger partial charge on any atom is -0.483 e. The number of carbonyl (C=O) groups is 1. The lowest BCUT2D eigenvalue weighted by atomic mass is 10.0. The van der Waals surface area contributed by atoms with Crippen LogP contribution in [0, 0.1) is 20.8 Å². The zero-order valence-electron chi connectivity index (χ0n) is 16.1. The molecule has 0 heterocycles. The summed E-state index contributed by atoms with van der Waals surface area (Å²) in [5.41, 5.74) is 5.81. The minimum atomic E-state index is -0.108. The molecule has 0 radical (unpaired) electrons. The standard InChI is InChI=1S/C22H29NO2/c1-14(2)19-9-7-16(4)12-21(19)25-13-22(24)23-18(6)20-10-8-15(3)11-17(20)5/h7-12,14,18H,13H2,1-6H3,(H,23,24)/t18-/m0/s1. The lowest BCUT2D eigenvalue weighted by Gasteiger charge is -2.18. The third kappa shape index (κ3) is 5.09. The molecule has 1 amide bonds. The van der Waals surface area contributed by atoms with E-state index in [4.69, 9.17) is 4.74 Å². The van der Waals surface area contributed by atoms with E-state index in [0.29, 0.717) is 5.92 Å². The van der Waals surface area contributed by atoms with Crippen LogP contribution >= 0.6 is 0 Å². The number of rotatable bonds is 6. The van der Waals surface area contributed by atoms with Gasteiger partial charge in [-0.3, -0.25) is 4.79 Å². The SMILES string of the molecule is Cc1ccc([C@H](C)NC(=O)COc2cc(C)ccc2C(C)C)c(C)c1. The van der Waals surface area contributed by atoms with Gasteiger partial charge in [0.05, 0.1) is 6.04 Å². The van der Waals surface area contributed by atoms with Gasteiger partial charge in [-0.1, -0.05) is 49.7 Å². The number of carbonyl (C=O) groups excluding carboxylic acids is 1. The average Bonchev–Trinajstić information content (AvgIpc) is 2.52. The number of hydrogen-bond acceptors (Lipinski definition) is 2. The largest absolute Gasteiger partial charge is 0.483 e. The van der Waals surface area contributed by atoms with E-state index in [0.717, 1.165) is 22.4 Å². The lowest BCUT2D eigenvalue weighted by Crippen LogP contribution is -2.31. The van der Waals surface area contributed by atoms with Crippen LogP contribution in [-0.4, -0.2) is 12.5 Å². The maximum absolute atomic E-state index is 12.3. The normalized spacial score (nSPS) is 12.1. The average molecular weight is 339 g/mol. The highest BCUT2D eigenvalue weighted by Gasteiger charge is 2.14. The van der Waals surface area contributed by atoms with E-state index >= 15 is 0 Å². The number of aryl methyl sites for hydroxylation is 3. The van der Waals surface area contributed by atoms with Gasteiger partial charge in [0, 0.05) is 0 Å². The Hall–Kier alpha value is -2.29. The fraction of sp³-hybridized carbons (Fsp3) is 0.409. The number of benzene rings is 2. The Morgan fingerprint density at radius 1 is 0.960 bits per heavy atom. The number of hydrogen-bond donors (Lipinski definition) is 1. The summed E-state index contributed by atoms with van der Waals surface area (Å²) in [7, 11) is 0. The highest BCUT2D eigenvalue weighted by molar-refractivity contribution is 5.78. The van der Waals surface area contributed by atoms with Crippen molar-refractivity contribution in [2.45, 2.75) is 53.5 Å². The molecule has 2 aromatic rings. The molecule has 0 aliphatic heterocycles. The third-order valence-corrected chi connectivity index (χ3v) is 4.42. The van der Waals surface area contributed by atoms with Gasteiger partial charge < -0.3 is 10.1 Å². The number of ether oxygens (including phenoxy) is 1. The van der Waals surface area contributed by atoms with Gasteiger partial charge in [0.2, 0.25) is 0 Å². The topological polar surface area (TPSA) is 38.3 Å². The predicted octanol–water partition coefficient (Wildman–Crippen LogP) is 4.99. The molecule has 25 heavy (non-hydrogen) atoms. The van der Waals surface area contributed by atoms with Gasteiger partial charge in [-0.15, -0.1) is 0 Å². The van der Waals surface area contributed by atoms with E-state index in [9.17, 15) is 4.79 Å². The highest BCUT2D eigenvalue weighted by atomic mass is 16.5. The van der Waals surface area contributed by atoms with Crippen molar-refractivity contribution in [1.29, 1.82) is 0 Å². The van der Waals surface area contributed by atoms with Crippen molar-refractivity contribution in [2.75, 3.05) is 6.61 Å². The molecule has 3 heteroatoms. The Morgan fingerprint density at radius 3 is 2.16 bits per heavy atom. The molecule has 0 aliphatic rings. The zero-order chi connectivity index (χ0) is 18.6. The molecule has 0 aromatic heterocycles. The Labute approximate surface area is 151 Å². The van der Waals surface area contributed by atoms with Crippen molar-refractivity contribution in [3.63, 3.8) is 0 Å². The second-order valence-electron chi connectivity index (χ2n) is 7.13. The Balaban J connectivity index is 2.00. The van der Waals surface area contributed by atoms with Crippen LogP contribution in [0.15, 0.2) is 36.4 Å². The number of nitrogens with one attached hydrogen (secondary N) is 1. The third-order valence-electron chi connectivity index (χ3n) is 4.42. The van der Waals surface area contributed by atoms with Crippen molar-refractivity contribution >= 4 is 5.91 Å².